The van der Waals surface area contributed by atoms with Gasteiger partial charge in [-0.25, -0.2) is 0 Å². The zero-order valence-electron chi connectivity index (χ0n) is 17.2. The second-order valence-electron chi connectivity index (χ2n) is 8.53. The van der Waals surface area contributed by atoms with Gasteiger partial charge in [-0.15, -0.1) is 0 Å². The van der Waals surface area contributed by atoms with Gasteiger partial charge in [0.2, 0.25) is 0 Å². The molecule has 0 saturated heterocycles. The van der Waals surface area contributed by atoms with Crippen LogP contribution in [0, 0.1) is 11.8 Å². The largest absolute Gasteiger partial charge is 0.481 e. The zero-order valence-corrected chi connectivity index (χ0v) is 18.8. The lowest BCUT2D eigenvalue weighted by Crippen LogP contribution is -2.33. The molecule has 0 aromatic heterocycles. The minimum absolute atomic E-state index is 0.123. The van der Waals surface area contributed by atoms with Crippen molar-refractivity contribution in [2.45, 2.75) is 38.6 Å². The van der Waals surface area contributed by atoms with Crippen LogP contribution in [0.1, 0.15) is 47.2 Å². The van der Waals surface area contributed by atoms with Crippen molar-refractivity contribution in [3.8, 4) is 0 Å². The molecule has 31 heavy (non-hydrogen) atoms. The van der Waals surface area contributed by atoms with Crippen molar-refractivity contribution < 1.29 is 14.7 Å². The molecule has 2 aromatic rings. The Labute approximate surface area is 192 Å². The minimum atomic E-state index is -0.710. The fourth-order valence-electron chi connectivity index (χ4n) is 4.67. The number of aliphatic carboxylic acids is 1. The molecule has 1 amide bonds. The van der Waals surface area contributed by atoms with E-state index >= 15 is 0 Å². The maximum absolute atomic E-state index is 13.1. The van der Waals surface area contributed by atoms with Gasteiger partial charge in [0.15, 0.2) is 0 Å². The van der Waals surface area contributed by atoms with Crippen LogP contribution in [0.2, 0.25) is 10.0 Å². The highest BCUT2D eigenvalue weighted by Crippen LogP contribution is 2.36. The van der Waals surface area contributed by atoms with Gasteiger partial charge in [-0.1, -0.05) is 35.3 Å². The van der Waals surface area contributed by atoms with E-state index in [1.165, 1.54) is 0 Å². The van der Waals surface area contributed by atoms with E-state index in [1.807, 2.05) is 30.3 Å². The summed E-state index contributed by atoms with van der Waals surface area (Å²) < 4.78 is 0. The molecule has 4 rings (SSSR count). The lowest BCUT2D eigenvalue weighted by molar-refractivity contribution is -0.143. The summed E-state index contributed by atoms with van der Waals surface area (Å²) in [4.78, 5) is 26.5. The molecule has 2 aromatic carbocycles. The molecule has 5 nitrogen and oxygen atoms in total. The molecule has 0 unspecified atom stereocenters. The molecule has 7 heteroatoms. The van der Waals surface area contributed by atoms with Gasteiger partial charge in [0.25, 0.3) is 5.91 Å². The van der Waals surface area contributed by atoms with Crippen LogP contribution < -0.4 is 10.2 Å². The first kappa shape index (κ1) is 22.0. The van der Waals surface area contributed by atoms with Gasteiger partial charge in [-0.3, -0.25) is 9.59 Å². The lowest BCUT2D eigenvalue weighted by atomic mass is 9.82. The summed E-state index contributed by atoms with van der Waals surface area (Å²) in [5.74, 6) is -0.763. The Morgan fingerprint density at radius 2 is 1.74 bits per heavy atom. The van der Waals surface area contributed by atoms with Crippen LogP contribution in [0.15, 0.2) is 36.4 Å². The topological polar surface area (TPSA) is 69.6 Å². The molecule has 1 heterocycles. The Bertz CT molecular complexity index is 970. The first-order chi connectivity index (χ1) is 14.9. The van der Waals surface area contributed by atoms with Crippen molar-refractivity contribution >= 4 is 40.8 Å². The number of nitrogens with one attached hydrogen (secondary N) is 1. The van der Waals surface area contributed by atoms with Crippen LogP contribution in [0.25, 0.3) is 0 Å². The molecule has 0 radical (unpaired) electrons. The Balaban J connectivity index is 1.45. The SMILES string of the molecule is O=C(NCC1CCC(C(=O)O)CC1)c1cc(Cl)cc2c1N(Cc1ccc(Cl)cc1)CC2. The minimum Gasteiger partial charge on any atom is -0.481 e. The highest BCUT2D eigenvalue weighted by molar-refractivity contribution is 6.31. The molecule has 2 aliphatic rings. The van der Waals surface area contributed by atoms with Crippen LogP contribution in [0.5, 0.6) is 0 Å². The summed E-state index contributed by atoms with van der Waals surface area (Å²) in [6, 6.07) is 11.5. The number of anilines is 1. The number of halogens is 2. The van der Waals surface area contributed by atoms with Crippen molar-refractivity contribution in [3.05, 3.63) is 63.1 Å². The third-order valence-electron chi connectivity index (χ3n) is 6.40. The molecule has 1 aliphatic carbocycles. The Hall–Kier alpha value is -2.24. The van der Waals surface area contributed by atoms with Gasteiger partial charge in [0, 0.05) is 29.7 Å². The van der Waals surface area contributed by atoms with Gasteiger partial charge in [0.1, 0.15) is 0 Å². The fraction of sp³-hybridized carbons (Fsp3) is 0.417. The summed E-state index contributed by atoms with van der Waals surface area (Å²) >= 11 is 12.3. The standard InChI is InChI=1S/C24H26Cl2N2O3/c25-19-7-3-16(4-8-19)14-28-10-9-18-11-20(26)12-21(22(18)28)23(29)27-13-15-1-5-17(6-2-15)24(30)31/h3-4,7-8,11-12,15,17H,1-2,5-6,9-10,13-14H2,(H,27,29)(H,30,31). The highest BCUT2D eigenvalue weighted by Gasteiger charge is 2.28. The van der Waals surface area contributed by atoms with Crippen LogP contribution >= 0.6 is 23.2 Å². The van der Waals surface area contributed by atoms with E-state index in [2.05, 4.69) is 10.2 Å². The number of hydrogen-bond donors (Lipinski definition) is 2. The van der Waals surface area contributed by atoms with E-state index in [1.54, 1.807) is 6.07 Å². The number of rotatable bonds is 6. The number of fused-ring (bicyclic) bond motifs is 1. The van der Waals surface area contributed by atoms with E-state index in [9.17, 15) is 9.59 Å². The number of carbonyl (C=O) groups excluding carboxylic acids is 1. The van der Waals surface area contributed by atoms with Crippen molar-refractivity contribution in [3.63, 3.8) is 0 Å². The van der Waals surface area contributed by atoms with E-state index in [4.69, 9.17) is 28.3 Å². The van der Waals surface area contributed by atoms with Gasteiger partial charge in [0.05, 0.1) is 17.2 Å². The maximum atomic E-state index is 13.1. The average molecular weight is 461 g/mol. The van der Waals surface area contributed by atoms with Crippen LogP contribution in [-0.4, -0.2) is 30.1 Å². The smallest absolute Gasteiger partial charge is 0.306 e. The lowest BCUT2D eigenvalue weighted by Gasteiger charge is -2.27. The zero-order chi connectivity index (χ0) is 22.0. The number of carboxylic acid groups (broad SMARTS) is 1. The number of amides is 1. The van der Waals surface area contributed by atoms with Crippen LogP contribution in [-0.2, 0) is 17.8 Å². The Kier molecular flexibility index (Phi) is 6.73. The highest BCUT2D eigenvalue weighted by atomic mass is 35.5. The number of benzene rings is 2. The predicted molar refractivity (Wildman–Crippen MR) is 123 cm³/mol. The fourth-order valence-corrected chi connectivity index (χ4v) is 5.04. The molecular formula is C24H26Cl2N2O3. The number of carbonyl (C=O) groups is 2. The molecule has 0 atom stereocenters. The molecule has 164 valence electrons. The summed E-state index contributed by atoms with van der Waals surface area (Å²) in [5.41, 5.74) is 3.78. The molecule has 2 N–H and O–H groups in total. The second kappa shape index (κ2) is 9.49. The Morgan fingerprint density at radius 3 is 2.42 bits per heavy atom. The van der Waals surface area contributed by atoms with Crippen molar-refractivity contribution in [1.82, 2.24) is 5.32 Å². The molecule has 0 spiro atoms. The van der Waals surface area contributed by atoms with Crippen molar-refractivity contribution in [2.75, 3.05) is 18.0 Å². The number of nitrogens with zero attached hydrogens (tertiary/aromatic N) is 1. The van der Waals surface area contributed by atoms with Gasteiger partial charge in [-0.2, -0.15) is 0 Å². The van der Waals surface area contributed by atoms with Crippen LogP contribution in [0.3, 0.4) is 0 Å². The third kappa shape index (κ3) is 5.16. The van der Waals surface area contributed by atoms with Gasteiger partial charge >= 0.3 is 5.97 Å². The summed E-state index contributed by atoms with van der Waals surface area (Å²) in [6.45, 7) is 2.09. The van der Waals surface area contributed by atoms with E-state index in [0.29, 0.717) is 47.5 Å². The summed E-state index contributed by atoms with van der Waals surface area (Å²) in [5, 5.41) is 13.5. The van der Waals surface area contributed by atoms with Gasteiger partial charge < -0.3 is 15.3 Å². The third-order valence-corrected chi connectivity index (χ3v) is 6.87. The molecule has 0 bridgehead atoms. The van der Waals surface area contributed by atoms with Gasteiger partial charge in [-0.05, 0) is 73.4 Å². The number of hydrogen-bond acceptors (Lipinski definition) is 3. The van der Waals surface area contributed by atoms with Crippen molar-refractivity contribution in [2.24, 2.45) is 11.8 Å². The summed E-state index contributed by atoms with van der Waals surface area (Å²) in [7, 11) is 0. The Morgan fingerprint density at radius 1 is 1.03 bits per heavy atom. The van der Waals surface area contributed by atoms with Crippen molar-refractivity contribution in [1.29, 1.82) is 0 Å². The summed E-state index contributed by atoms with van der Waals surface area (Å²) in [6.07, 6.45) is 3.86. The second-order valence-corrected chi connectivity index (χ2v) is 9.40. The predicted octanol–water partition coefficient (Wildman–Crippen LogP) is 5.18. The van der Waals surface area contributed by atoms with E-state index in [-0.39, 0.29) is 11.8 Å². The quantitative estimate of drug-likeness (QED) is 0.622. The van der Waals surface area contributed by atoms with Crippen LogP contribution in [0.4, 0.5) is 5.69 Å². The normalized spacial score (nSPS) is 20.4. The first-order valence-electron chi connectivity index (χ1n) is 10.7. The first-order valence-corrected chi connectivity index (χ1v) is 11.5. The van der Waals surface area contributed by atoms with E-state index < -0.39 is 5.97 Å². The molecule has 1 fully saturated rings. The molecule has 1 saturated carbocycles. The number of carboxylic acids is 1. The van der Waals surface area contributed by atoms with E-state index in [0.717, 1.165) is 42.6 Å². The maximum Gasteiger partial charge on any atom is 0.306 e. The molecule has 1 aliphatic heterocycles. The monoisotopic (exact) mass is 460 g/mol. The molecular weight excluding hydrogens is 435 g/mol. The average Bonchev–Trinajstić information content (AvgIpc) is 3.15.